The van der Waals surface area contributed by atoms with E-state index >= 15 is 0 Å². The fourth-order valence-corrected chi connectivity index (χ4v) is 3.41. The van der Waals surface area contributed by atoms with Gasteiger partial charge in [-0.1, -0.05) is 37.3 Å². The molecule has 0 heterocycles. The van der Waals surface area contributed by atoms with E-state index in [2.05, 4.69) is 28.2 Å². The van der Waals surface area contributed by atoms with Crippen LogP contribution in [-0.4, -0.2) is 36.4 Å². The Balaban J connectivity index is 2.16. The van der Waals surface area contributed by atoms with Gasteiger partial charge in [0.1, 0.15) is 11.8 Å². The lowest BCUT2D eigenvalue weighted by Crippen LogP contribution is -2.48. The van der Waals surface area contributed by atoms with E-state index in [0.29, 0.717) is 12.3 Å². The van der Waals surface area contributed by atoms with Gasteiger partial charge in [0.2, 0.25) is 5.91 Å². The predicted molar refractivity (Wildman–Crippen MR) is 114 cm³/mol. The van der Waals surface area contributed by atoms with E-state index in [0.717, 1.165) is 22.0 Å². The van der Waals surface area contributed by atoms with E-state index in [9.17, 15) is 9.59 Å². The van der Waals surface area contributed by atoms with Crippen LogP contribution in [0, 0.1) is 6.92 Å². The molecule has 0 aliphatic carbocycles. The van der Waals surface area contributed by atoms with Crippen LogP contribution in [0.3, 0.4) is 0 Å². The number of halogens is 1. The van der Waals surface area contributed by atoms with Gasteiger partial charge < -0.3 is 15.0 Å². The molecule has 2 aromatic rings. The maximum Gasteiger partial charge on any atom is 0.261 e. The van der Waals surface area contributed by atoms with Crippen LogP contribution < -0.4 is 10.1 Å². The van der Waals surface area contributed by atoms with Gasteiger partial charge >= 0.3 is 0 Å². The molecule has 1 N–H and O–H groups in total. The van der Waals surface area contributed by atoms with Crippen LogP contribution in [0.4, 0.5) is 0 Å². The summed E-state index contributed by atoms with van der Waals surface area (Å²) in [6.45, 7) is 6.00. The highest BCUT2D eigenvalue weighted by Gasteiger charge is 2.26. The smallest absolute Gasteiger partial charge is 0.261 e. The quantitative estimate of drug-likeness (QED) is 0.669. The van der Waals surface area contributed by atoms with Gasteiger partial charge in [-0.05, 0) is 65.0 Å². The third-order valence-electron chi connectivity index (χ3n) is 4.77. The first-order chi connectivity index (χ1) is 13.4. The Morgan fingerprint density at radius 3 is 2.54 bits per heavy atom. The Bertz CT molecular complexity index is 838. The van der Waals surface area contributed by atoms with Crippen LogP contribution in [0.1, 0.15) is 30.5 Å². The predicted octanol–water partition coefficient (Wildman–Crippen LogP) is 3.86. The summed E-state index contributed by atoms with van der Waals surface area (Å²) in [5.41, 5.74) is 3.25. The van der Waals surface area contributed by atoms with Crippen molar-refractivity contribution in [3.63, 3.8) is 0 Å². The first-order valence-electron chi connectivity index (χ1n) is 9.34. The lowest BCUT2D eigenvalue weighted by atomic mass is 10.1. The van der Waals surface area contributed by atoms with Crippen molar-refractivity contribution in [3.05, 3.63) is 63.6 Å². The van der Waals surface area contributed by atoms with Gasteiger partial charge in [-0.3, -0.25) is 9.59 Å². The van der Waals surface area contributed by atoms with Crippen molar-refractivity contribution in [1.29, 1.82) is 0 Å². The van der Waals surface area contributed by atoms with E-state index in [4.69, 9.17) is 4.74 Å². The van der Waals surface area contributed by atoms with E-state index < -0.39 is 6.04 Å². The molecular formula is C22H27BrN2O3. The molecule has 2 aromatic carbocycles. The number of likely N-dealkylation sites (N-methyl/N-ethyl adjacent to an activating group) is 1. The molecule has 2 amide bonds. The lowest BCUT2D eigenvalue weighted by Gasteiger charge is -2.29. The van der Waals surface area contributed by atoms with Crippen LogP contribution >= 0.6 is 15.9 Å². The highest BCUT2D eigenvalue weighted by molar-refractivity contribution is 9.10. The molecule has 6 heteroatoms. The van der Waals surface area contributed by atoms with Crippen molar-refractivity contribution in [3.8, 4) is 5.75 Å². The zero-order valence-corrected chi connectivity index (χ0v) is 18.4. The van der Waals surface area contributed by atoms with Crippen LogP contribution in [-0.2, 0) is 22.6 Å². The highest BCUT2D eigenvalue weighted by Crippen LogP contribution is 2.26. The number of carbonyl (C=O) groups excluding carboxylic acids is 2. The number of carbonyl (C=O) groups is 2. The van der Waals surface area contributed by atoms with Gasteiger partial charge in [0.05, 0.1) is 4.47 Å². The fraction of sp³-hybridized carbons (Fsp3) is 0.364. The number of amides is 2. The van der Waals surface area contributed by atoms with Crippen molar-refractivity contribution in [2.24, 2.45) is 0 Å². The molecule has 0 fully saturated rings. The molecule has 0 saturated carbocycles. The second-order valence-corrected chi connectivity index (χ2v) is 7.50. The normalized spacial score (nSPS) is 11.6. The van der Waals surface area contributed by atoms with Gasteiger partial charge in [0.25, 0.3) is 5.91 Å². The minimum atomic E-state index is -0.605. The number of nitrogens with one attached hydrogen (secondary N) is 1. The minimum Gasteiger partial charge on any atom is -0.483 e. The molecule has 0 aromatic heterocycles. The summed E-state index contributed by atoms with van der Waals surface area (Å²) in [6.07, 6.45) is 0.922. The first kappa shape index (κ1) is 22.0. The van der Waals surface area contributed by atoms with Gasteiger partial charge in [0.15, 0.2) is 6.61 Å². The Morgan fingerprint density at radius 1 is 1.21 bits per heavy atom. The minimum absolute atomic E-state index is 0.142. The second-order valence-electron chi connectivity index (χ2n) is 6.65. The van der Waals surface area contributed by atoms with Crippen LogP contribution in [0.5, 0.6) is 5.75 Å². The zero-order chi connectivity index (χ0) is 20.7. The average molecular weight is 447 g/mol. The number of rotatable bonds is 8. The number of hydrogen-bond acceptors (Lipinski definition) is 3. The van der Waals surface area contributed by atoms with Crippen LogP contribution in [0.15, 0.2) is 46.9 Å². The summed E-state index contributed by atoms with van der Waals surface area (Å²) >= 11 is 3.49. The summed E-state index contributed by atoms with van der Waals surface area (Å²) < 4.78 is 6.55. The third kappa shape index (κ3) is 5.58. The Kier molecular flexibility index (Phi) is 8.05. The largest absolute Gasteiger partial charge is 0.483 e. The number of ether oxygens (including phenoxy) is 1. The Morgan fingerprint density at radius 2 is 1.93 bits per heavy atom. The van der Waals surface area contributed by atoms with Crippen molar-refractivity contribution in [2.45, 2.75) is 39.8 Å². The zero-order valence-electron chi connectivity index (χ0n) is 16.8. The van der Waals surface area contributed by atoms with E-state index in [1.54, 1.807) is 18.9 Å². The van der Waals surface area contributed by atoms with Crippen molar-refractivity contribution < 1.29 is 14.3 Å². The molecule has 0 aliphatic rings. The van der Waals surface area contributed by atoms with Gasteiger partial charge in [-0.25, -0.2) is 0 Å². The molecule has 5 nitrogen and oxygen atoms in total. The molecule has 0 spiro atoms. The third-order valence-corrected chi connectivity index (χ3v) is 5.39. The van der Waals surface area contributed by atoms with E-state index in [1.165, 1.54) is 5.56 Å². The number of aryl methyl sites for hydroxylation is 2. The first-order valence-corrected chi connectivity index (χ1v) is 10.1. The summed E-state index contributed by atoms with van der Waals surface area (Å²) in [6, 6.07) is 13.0. The SMILES string of the molecule is CCc1ccc(OCC(=O)N(Cc2ccccc2C)C(C)C(=O)NC)c(Br)c1. The van der Waals surface area contributed by atoms with Gasteiger partial charge in [0, 0.05) is 13.6 Å². The van der Waals surface area contributed by atoms with Gasteiger partial charge in [-0.15, -0.1) is 0 Å². The Labute approximate surface area is 175 Å². The molecule has 150 valence electrons. The Hall–Kier alpha value is -2.34. The monoisotopic (exact) mass is 446 g/mol. The summed E-state index contributed by atoms with van der Waals surface area (Å²) in [5, 5.41) is 2.61. The number of benzene rings is 2. The lowest BCUT2D eigenvalue weighted by molar-refractivity contribution is -0.142. The number of hydrogen-bond donors (Lipinski definition) is 1. The molecule has 0 aliphatic heterocycles. The summed E-state index contributed by atoms with van der Waals surface area (Å²) in [4.78, 5) is 26.7. The topological polar surface area (TPSA) is 58.6 Å². The molecule has 0 radical (unpaired) electrons. The average Bonchev–Trinajstić information content (AvgIpc) is 2.70. The highest BCUT2D eigenvalue weighted by atomic mass is 79.9. The van der Waals surface area contributed by atoms with Crippen LogP contribution in [0.2, 0.25) is 0 Å². The second kappa shape index (κ2) is 10.3. The van der Waals surface area contributed by atoms with E-state index in [-0.39, 0.29) is 18.4 Å². The van der Waals surface area contributed by atoms with E-state index in [1.807, 2.05) is 49.4 Å². The van der Waals surface area contributed by atoms with Crippen molar-refractivity contribution in [1.82, 2.24) is 10.2 Å². The van der Waals surface area contributed by atoms with Crippen molar-refractivity contribution >= 4 is 27.7 Å². The maximum absolute atomic E-state index is 12.9. The summed E-state index contributed by atoms with van der Waals surface area (Å²) in [7, 11) is 1.57. The van der Waals surface area contributed by atoms with Gasteiger partial charge in [-0.2, -0.15) is 0 Å². The fourth-order valence-electron chi connectivity index (χ4n) is 2.87. The molecule has 0 bridgehead atoms. The molecule has 28 heavy (non-hydrogen) atoms. The standard InChI is InChI=1S/C22H27BrN2O3/c1-5-17-10-11-20(19(23)12-17)28-14-21(26)25(16(3)22(27)24-4)13-18-9-7-6-8-15(18)2/h6-12,16H,5,13-14H2,1-4H3,(H,24,27). The van der Waals surface area contributed by atoms with Crippen LogP contribution in [0.25, 0.3) is 0 Å². The molecule has 2 rings (SSSR count). The molecule has 1 atom stereocenters. The number of nitrogens with zero attached hydrogens (tertiary/aromatic N) is 1. The molecule has 0 saturated heterocycles. The summed E-state index contributed by atoms with van der Waals surface area (Å²) in [5.74, 6) is 0.148. The molecule has 1 unspecified atom stereocenters. The molecular weight excluding hydrogens is 420 g/mol. The van der Waals surface area contributed by atoms with Crippen molar-refractivity contribution in [2.75, 3.05) is 13.7 Å². The maximum atomic E-state index is 12.9.